The molecule has 0 N–H and O–H groups in total. The molecule has 0 nitrogen and oxygen atoms in total. The molecule has 0 bridgehead atoms. The van der Waals surface area contributed by atoms with Gasteiger partial charge in [-0.15, -0.1) is 6.58 Å². The summed E-state index contributed by atoms with van der Waals surface area (Å²) in [6.45, 7) is 7.93. The summed E-state index contributed by atoms with van der Waals surface area (Å²) in [5.74, 6) is 0. The lowest BCUT2D eigenvalue weighted by atomic mass is 10.2. The Morgan fingerprint density at radius 2 is 1.69 bits per heavy atom. The number of halogens is 3. The van der Waals surface area contributed by atoms with Gasteiger partial charge in [-0.2, -0.15) is 13.2 Å². The van der Waals surface area contributed by atoms with Crippen LogP contribution in [0.2, 0.25) is 19.1 Å². The van der Waals surface area contributed by atoms with Crippen molar-refractivity contribution in [2.75, 3.05) is 0 Å². The van der Waals surface area contributed by atoms with E-state index in [0.29, 0.717) is 0 Å². The third-order valence-corrected chi connectivity index (χ3v) is 5.85. The largest absolute Gasteiger partial charge is 0.416 e. The third kappa shape index (κ3) is 2.98. The van der Waals surface area contributed by atoms with Crippen LogP contribution >= 0.6 is 0 Å². The molecule has 4 heteroatoms. The smallest absolute Gasteiger partial charge is 0.166 e. The van der Waals surface area contributed by atoms with Crippen molar-refractivity contribution >= 4 is 13.3 Å². The molecule has 88 valence electrons. The van der Waals surface area contributed by atoms with Gasteiger partial charge in [-0.05, 0) is 6.04 Å². The first-order valence-electron chi connectivity index (χ1n) is 5.06. The van der Waals surface area contributed by atoms with Crippen LogP contribution in [0.3, 0.4) is 0 Å². The van der Waals surface area contributed by atoms with Gasteiger partial charge in [0, 0.05) is 0 Å². The van der Waals surface area contributed by atoms with Crippen LogP contribution in [0, 0.1) is 0 Å². The van der Waals surface area contributed by atoms with Gasteiger partial charge >= 0.3 is 6.18 Å². The van der Waals surface area contributed by atoms with Crippen LogP contribution in [-0.4, -0.2) is 8.07 Å². The average Bonchev–Trinajstić information content (AvgIpc) is 2.16. The topological polar surface area (TPSA) is 0 Å². The van der Waals surface area contributed by atoms with Gasteiger partial charge in [0.25, 0.3) is 0 Å². The molecule has 0 spiro atoms. The Morgan fingerprint density at radius 3 is 2.06 bits per heavy atom. The fraction of sp³-hybridized carbons (Fsp3) is 0.333. The Bertz CT molecular complexity index is 363. The van der Waals surface area contributed by atoms with Crippen molar-refractivity contribution in [2.24, 2.45) is 0 Å². The van der Waals surface area contributed by atoms with Crippen LogP contribution in [0.25, 0.3) is 0 Å². The Hall–Kier alpha value is -1.03. The van der Waals surface area contributed by atoms with Gasteiger partial charge in [-0.3, -0.25) is 0 Å². The normalized spacial score (nSPS) is 12.6. The van der Waals surface area contributed by atoms with E-state index in [1.807, 2.05) is 6.08 Å². The second kappa shape index (κ2) is 4.45. The van der Waals surface area contributed by atoms with E-state index in [-0.39, 0.29) is 0 Å². The molecule has 1 rings (SSSR count). The van der Waals surface area contributed by atoms with Crippen molar-refractivity contribution in [1.29, 1.82) is 0 Å². The summed E-state index contributed by atoms with van der Waals surface area (Å²) in [7, 11) is -1.65. The van der Waals surface area contributed by atoms with Gasteiger partial charge in [-0.1, -0.05) is 48.6 Å². The molecular weight excluding hydrogens is 229 g/mol. The quantitative estimate of drug-likeness (QED) is 0.560. The number of hydrogen-bond donors (Lipinski definition) is 0. The molecule has 0 amide bonds. The SMILES string of the molecule is C=CC[Si](C)(C)c1ccc(C(F)(F)F)cc1. The monoisotopic (exact) mass is 244 g/mol. The molecule has 0 saturated carbocycles. The van der Waals surface area contributed by atoms with E-state index < -0.39 is 19.8 Å². The lowest BCUT2D eigenvalue weighted by Gasteiger charge is -2.21. The molecule has 0 heterocycles. The Balaban J connectivity index is 2.99. The second-order valence-electron chi connectivity index (χ2n) is 4.45. The first-order chi connectivity index (χ1) is 7.27. The van der Waals surface area contributed by atoms with Gasteiger partial charge in [0.2, 0.25) is 0 Å². The van der Waals surface area contributed by atoms with Crippen LogP contribution in [0.5, 0.6) is 0 Å². The molecule has 0 radical (unpaired) electrons. The Kier molecular flexibility index (Phi) is 3.63. The molecule has 0 aliphatic rings. The fourth-order valence-corrected chi connectivity index (χ4v) is 3.62. The minimum atomic E-state index is -4.25. The molecular formula is C12H15F3Si. The van der Waals surface area contributed by atoms with Crippen LogP contribution < -0.4 is 5.19 Å². The highest BCUT2D eigenvalue weighted by atomic mass is 28.3. The highest BCUT2D eigenvalue weighted by Crippen LogP contribution is 2.28. The molecule has 0 unspecified atom stereocenters. The van der Waals surface area contributed by atoms with Crippen LogP contribution in [0.4, 0.5) is 13.2 Å². The van der Waals surface area contributed by atoms with Crippen LogP contribution in [0.15, 0.2) is 36.9 Å². The maximum Gasteiger partial charge on any atom is 0.416 e. The van der Waals surface area contributed by atoms with Crippen LogP contribution in [-0.2, 0) is 6.18 Å². The average molecular weight is 244 g/mol. The van der Waals surface area contributed by atoms with Gasteiger partial charge in [-0.25, -0.2) is 0 Å². The zero-order valence-corrected chi connectivity index (χ0v) is 10.4. The summed E-state index contributed by atoms with van der Waals surface area (Å²) in [6.07, 6.45) is -2.41. The number of hydrogen-bond acceptors (Lipinski definition) is 0. The van der Waals surface area contributed by atoms with Crippen molar-refractivity contribution in [1.82, 2.24) is 0 Å². The van der Waals surface area contributed by atoms with Gasteiger partial charge in [0.15, 0.2) is 0 Å². The predicted molar refractivity (Wildman–Crippen MR) is 63.6 cm³/mol. The number of allylic oxidation sites excluding steroid dienone is 1. The first-order valence-corrected chi connectivity index (χ1v) is 8.27. The zero-order valence-electron chi connectivity index (χ0n) is 9.43. The van der Waals surface area contributed by atoms with Crippen LogP contribution in [0.1, 0.15) is 5.56 Å². The lowest BCUT2D eigenvalue weighted by Crippen LogP contribution is -2.40. The van der Waals surface area contributed by atoms with Crippen molar-refractivity contribution in [2.45, 2.75) is 25.3 Å². The summed E-state index contributed by atoms with van der Waals surface area (Å²) in [6, 6.07) is 6.38. The van der Waals surface area contributed by atoms with Crippen molar-refractivity contribution in [3.05, 3.63) is 42.5 Å². The zero-order chi connectivity index (χ0) is 12.4. The lowest BCUT2D eigenvalue weighted by molar-refractivity contribution is -0.137. The minimum Gasteiger partial charge on any atom is -0.166 e. The van der Waals surface area contributed by atoms with E-state index in [2.05, 4.69) is 19.7 Å². The number of alkyl halides is 3. The van der Waals surface area contributed by atoms with Crippen molar-refractivity contribution in [3.63, 3.8) is 0 Å². The van der Waals surface area contributed by atoms with E-state index in [0.717, 1.165) is 23.4 Å². The summed E-state index contributed by atoms with van der Waals surface area (Å²) < 4.78 is 37.1. The molecule has 1 aromatic rings. The first kappa shape index (κ1) is 13.0. The maximum atomic E-state index is 12.4. The molecule has 16 heavy (non-hydrogen) atoms. The van der Waals surface area contributed by atoms with Crippen molar-refractivity contribution in [3.8, 4) is 0 Å². The van der Waals surface area contributed by atoms with E-state index in [4.69, 9.17) is 0 Å². The minimum absolute atomic E-state index is 0.584. The molecule has 0 fully saturated rings. The predicted octanol–water partition coefficient (Wildman–Crippen LogP) is 3.81. The van der Waals surface area contributed by atoms with Gasteiger partial charge < -0.3 is 0 Å². The summed E-state index contributed by atoms with van der Waals surface area (Å²) in [5, 5.41) is 1.03. The molecule has 0 aliphatic carbocycles. The second-order valence-corrected chi connectivity index (χ2v) is 9.21. The summed E-state index contributed by atoms with van der Waals surface area (Å²) in [4.78, 5) is 0. The fourth-order valence-electron chi connectivity index (χ4n) is 1.59. The summed E-state index contributed by atoms with van der Waals surface area (Å²) in [5.41, 5.74) is -0.584. The van der Waals surface area contributed by atoms with Crippen molar-refractivity contribution < 1.29 is 13.2 Å². The maximum absolute atomic E-state index is 12.4. The molecule has 0 atom stereocenters. The molecule has 1 aromatic carbocycles. The van der Waals surface area contributed by atoms with E-state index >= 15 is 0 Å². The highest BCUT2D eigenvalue weighted by molar-refractivity contribution is 6.90. The van der Waals surface area contributed by atoms with E-state index in [1.54, 1.807) is 12.1 Å². The Morgan fingerprint density at radius 1 is 1.19 bits per heavy atom. The highest BCUT2D eigenvalue weighted by Gasteiger charge is 2.31. The number of rotatable bonds is 3. The molecule has 0 aliphatic heterocycles. The summed E-state index contributed by atoms with van der Waals surface area (Å²) >= 11 is 0. The van der Waals surface area contributed by atoms with Gasteiger partial charge in [0.05, 0.1) is 13.6 Å². The number of benzene rings is 1. The molecule has 0 aromatic heterocycles. The Labute approximate surface area is 94.8 Å². The van der Waals surface area contributed by atoms with E-state index in [1.165, 1.54) is 0 Å². The third-order valence-electron chi connectivity index (χ3n) is 2.65. The van der Waals surface area contributed by atoms with Gasteiger partial charge in [0.1, 0.15) is 0 Å². The standard InChI is InChI=1S/C12H15F3Si/c1-4-9-16(2,3)11-7-5-10(6-8-11)12(13,14)15/h4-8H,1,9H2,2-3H3. The molecule has 0 saturated heterocycles. The van der Waals surface area contributed by atoms with E-state index in [9.17, 15) is 13.2 Å².